The molecule has 0 aliphatic carbocycles. The van der Waals surface area contributed by atoms with Crippen LogP contribution in [-0.4, -0.2) is 31.6 Å². The Kier molecular flexibility index (Phi) is 5.26. The molecule has 1 unspecified atom stereocenters. The van der Waals surface area contributed by atoms with E-state index < -0.39 is 0 Å². The molecule has 1 aromatic carbocycles. The first-order chi connectivity index (χ1) is 9.67. The number of halogens is 1. The Morgan fingerprint density at radius 2 is 2.25 bits per heavy atom. The highest BCUT2D eigenvalue weighted by molar-refractivity contribution is 6.30. The van der Waals surface area contributed by atoms with Crippen molar-refractivity contribution in [3.8, 4) is 0 Å². The van der Waals surface area contributed by atoms with Crippen molar-refractivity contribution in [2.24, 2.45) is 0 Å². The van der Waals surface area contributed by atoms with Gasteiger partial charge in [0, 0.05) is 30.3 Å². The Hall–Kier alpha value is -1.26. The van der Waals surface area contributed by atoms with Crippen molar-refractivity contribution in [1.29, 1.82) is 0 Å². The number of hydrogen-bond donors (Lipinski definition) is 2. The van der Waals surface area contributed by atoms with Gasteiger partial charge in [0.05, 0.1) is 0 Å². The fourth-order valence-electron chi connectivity index (χ4n) is 2.64. The molecule has 0 radical (unpaired) electrons. The largest absolute Gasteiger partial charge is 0.357 e. The summed E-state index contributed by atoms with van der Waals surface area (Å²) in [6.45, 7) is 7.32. The van der Waals surface area contributed by atoms with E-state index in [1.165, 1.54) is 0 Å². The van der Waals surface area contributed by atoms with Gasteiger partial charge in [-0.2, -0.15) is 0 Å². The third-order valence-electron chi connectivity index (χ3n) is 3.63. The van der Waals surface area contributed by atoms with E-state index in [1.54, 1.807) is 0 Å². The van der Waals surface area contributed by atoms with Gasteiger partial charge in [0.15, 0.2) is 0 Å². The molecule has 1 fully saturated rings. The number of hydrogen-bond acceptors (Lipinski definition) is 3. The lowest BCUT2D eigenvalue weighted by molar-refractivity contribution is -0.123. The lowest BCUT2D eigenvalue weighted by Crippen LogP contribution is -2.55. The first-order valence-corrected chi connectivity index (χ1v) is 7.58. The van der Waals surface area contributed by atoms with Crippen molar-refractivity contribution in [2.45, 2.75) is 32.9 Å². The number of piperazine rings is 1. The molecular formula is C15H22ClN3O. The number of nitrogens with one attached hydrogen (secondary N) is 2. The first kappa shape index (κ1) is 15.1. The summed E-state index contributed by atoms with van der Waals surface area (Å²) in [5, 5.41) is 7.00. The SMILES string of the molecule is CCNCc1cc(Cl)ccc1N1CCNC(=O)C1CC. The summed E-state index contributed by atoms with van der Waals surface area (Å²) in [6, 6.07) is 5.81. The van der Waals surface area contributed by atoms with E-state index >= 15 is 0 Å². The number of carbonyl (C=O) groups is 1. The zero-order chi connectivity index (χ0) is 14.5. The predicted molar refractivity (Wildman–Crippen MR) is 83.3 cm³/mol. The Morgan fingerprint density at radius 3 is 2.95 bits per heavy atom. The van der Waals surface area contributed by atoms with Crippen LogP contribution >= 0.6 is 11.6 Å². The van der Waals surface area contributed by atoms with Crippen LogP contribution in [0.5, 0.6) is 0 Å². The molecule has 1 aromatic rings. The highest BCUT2D eigenvalue weighted by Gasteiger charge is 2.29. The fourth-order valence-corrected chi connectivity index (χ4v) is 2.84. The first-order valence-electron chi connectivity index (χ1n) is 7.20. The number of amides is 1. The predicted octanol–water partition coefficient (Wildman–Crippen LogP) is 2.16. The lowest BCUT2D eigenvalue weighted by Gasteiger charge is -2.37. The van der Waals surface area contributed by atoms with E-state index in [4.69, 9.17) is 11.6 Å². The topological polar surface area (TPSA) is 44.4 Å². The second-order valence-corrected chi connectivity index (χ2v) is 5.40. The smallest absolute Gasteiger partial charge is 0.242 e. The van der Waals surface area contributed by atoms with Crippen molar-refractivity contribution in [1.82, 2.24) is 10.6 Å². The number of anilines is 1. The molecule has 5 heteroatoms. The average Bonchev–Trinajstić information content (AvgIpc) is 2.45. The molecule has 1 aliphatic heterocycles. The molecule has 1 heterocycles. The van der Waals surface area contributed by atoms with Crippen LogP contribution < -0.4 is 15.5 Å². The van der Waals surface area contributed by atoms with Gasteiger partial charge in [-0.3, -0.25) is 4.79 Å². The van der Waals surface area contributed by atoms with Crippen LogP contribution in [0.4, 0.5) is 5.69 Å². The molecule has 1 amide bonds. The van der Waals surface area contributed by atoms with Crippen LogP contribution in [0.3, 0.4) is 0 Å². The number of benzene rings is 1. The Bertz CT molecular complexity index is 478. The summed E-state index contributed by atoms with van der Waals surface area (Å²) in [4.78, 5) is 14.2. The second kappa shape index (κ2) is 6.95. The fraction of sp³-hybridized carbons (Fsp3) is 0.533. The lowest BCUT2D eigenvalue weighted by atomic mass is 10.1. The molecule has 0 aromatic heterocycles. The third-order valence-corrected chi connectivity index (χ3v) is 3.87. The molecule has 1 saturated heterocycles. The summed E-state index contributed by atoms with van der Waals surface area (Å²) >= 11 is 6.11. The van der Waals surface area contributed by atoms with E-state index in [2.05, 4.69) is 22.5 Å². The Balaban J connectivity index is 2.31. The standard InChI is InChI=1S/C15H22ClN3O/c1-3-13-15(20)18-7-8-19(13)14-6-5-12(16)9-11(14)10-17-4-2/h5-6,9,13,17H,3-4,7-8,10H2,1-2H3,(H,18,20). The van der Waals surface area contributed by atoms with Crippen molar-refractivity contribution >= 4 is 23.2 Å². The van der Waals surface area contributed by atoms with Gasteiger partial charge in [0.2, 0.25) is 5.91 Å². The minimum atomic E-state index is -0.0923. The summed E-state index contributed by atoms with van der Waals surface area (Å²) in [5.41, 5.74) is 2.25. The van der Waals surface area contributed by atoms with E-state index in [9.17, 15) is 4.79 Å². The van der Waals surface area contributed by atoms with Crippen LogP contribution in [0.2, 0.25) is 5.02 Å². The summed E-state index contributed by atoms with van der Waals surface area (Å²) in [6.07, 6.45) is 0.801. The number of rotatable bonds is 5. The van der Waals surface area contributed by atoms with Crippen LogP contribution in [0, 0.1) is 0 Å². The molecule has 0 spiro atoms. The summed E-state index contributed by atoms with van der Waals surface area (Å²) in [5.74, 6) is 0.114. The van der Waals surface area contributed by atoms with Gasteiger partial charge in [-0.15, -0.1) is 0 Å². The molecule has 20 heavy (non-hydrogen) atoms. The monoisotopic (exact) mass is 295 g/mol. The maximum absolute atomic E-state index is 12.0. The Labute approximate surface area is 125 Å². The van der Waals surface area contributed by atoms with E-state index in [0.717, 1.165) is 42.3 Å². The zero-order valence-corrected chi connectivity index (χ0v) is 12.8. The molecule has 2 rings (SSSR count). The van der Waals surface area contributed by atoms with Gasteiger partial charge in [-0.1, -0.05) is 25.4 Å². The zero-order valence-electron chi connectivity index (χ0n) is 12.1. The summed E-state index contributed by atoms with van der Waals surface area (Å²) < 4.78 is 0. The molecule has 1 atom stereocenters. The molecule has 1 aliphatic rings. The van der Waals surface area contributed by atoms with Gasteiger partial charge < -0.3 is 15.5 Å². The molecule has 0 saturated carbocycles. The van der Waals surface area contributed by atoms with Crippen molar-refractivity contribution < 1.29 is 4.79 Å². The van der Waals surface area contributed by atoms with E-state index in [0.29, 0.717) is 6.54 Å². The van der Waals surface area contributed by atoms with Gasteiger partial charge in [-0.25, -0.2) is 0 Å². The molecule has 0 bridgehead atoms. The van der Waals surface area contributed by atoms with Gasteiger partial charge in [-0.05, 0) is 36.7 Å². The van der Waals surface area contributed by atoms with E-state index in [-0.39, 0.29) is 11.9 Å². The van der Waals surface area contributed by atoms with Crippen molar-refractivity contribution in [2.75, 3.05) is 24.5 Å². The molecule has 4 nitrogen and oxygen atoms in total. The maximum Gasteiger partial charge on any atom is 0.242 e. The molecular weight excluding hydrogens is 274 g/mol. The van der Waals surface area contributed by atoms with Crippen LogP contribution in [0.1, 0.15) is 25.8 Å². The minimum Gasteiger partial charge on any atom is -0.357 e. The molecule has 2 N–H and O–H groups in total. The highest BCUT2D eigenvalue weighted by Crippen LogP contribution is 2.27. The van der Waals surface area contributed by atoms with Gasteiger partial charge in [0.1, 0.15) is 6.04 Å². The van der Waals surface area contributed by atoms with Crippen LogP contribution in [0.15, 0.2) is 18.2 Å². The number of nitrogens with zero attached hydrogens (tertiary/aromatic N) is 1. The minimum absolute atomic E-state index is 0.0923. The van der Waals surface area contributed by atoms with Crippen molar-refractivity contribution in [3.63, 3.8) is 0 Å². The maximum atomic E-state index is 12.0. The third kappa shape index (κ3) is 3.25. The van der Waals surface area contributed by atoms with E-state index in [1.807, 2.05) is 25.1 Å². The van der Waals surface area contributed by atoms with Gasteiger partial charge in [0.25, 0.3) is 0 Å². The van der Waals surface area contributed by atoms with Crippen LogP contribution in [-0.2, 0) is 11.3 Å². The quantitative estimate of drug-likeness (QED) is 0.875. The van der Waals surface area contributed by atoms with Crippen molar-refractivity contribution in [3.05, 3.63) is 28.8 Å². The highest BCUT2D eigenvalue weighted by atomic mass is 35.5. The number of carbonyl (C=O) groups excluding carboxylic acids is 1. The molecule has 110 valence electrons. The van der Waals surface area contributed by atoms with Crippen LogP contribution in [0.25, 0.3) is 0 Å². The second-order valence-electron chi connectivity index (χ2n) is 4.96. The van der Waals surface area contributed by atoms with Gasteiger partial charge >= 0.3 is 0 Å². The summed E-state index contributed by atoms with van der Waals surface area (Å²) in [7, 11) is 0. The normalized spacial score (nSPS) is 19.1. The Morgan fingerprint density at radius 1 is 1.45 bits per heavy atom. The average molecular weight is 296 g/mol.